The smallest absolute Gasteiger partial charge is 0.239 e. The molecule has 0 amide bonds. The number of pyridine rings is 1. The van der Waals surface area contributed by atoms with Crippen LogP contribution in [0.15, 0.2) is 24.4 Å². The van der Waals surface area contributed by atoms with E-state index in [0.29, 0.717) is 28.9 Å². The first-order chi connectivity index (χ1) is 20.9. The summed E-state index contributed by atoms with van der Waals surface area (Å²) in [6.07, 6.45) is 3.61. The van der Waals surface area contributed by atoms with E-state index in [9.17, 15) is 8.42 Å². The molecule has 4 heterocycles. The molecule has 2 fully saturated rings. The maximum absolute atomic E-state index is 11.8. The third-order valence-electron chi connectivity index (χ3n) is 7.91. The molecule has 2 aromatic heterocycles. The molecule has 0 spiro atoms. The topological polar surface area (TPSA) is 142 Å². The average molecular weight is 685 g/mol. The van der Waals surface area contributed by atoms with Crippen molar-refractivity contribution in [3.05, 3.63) is 50.6 Å². The predicted octanol–water partition coefficient (Wildman–Crippen LogP) is 4.64. The van der Waals surface area contributed by atoms with Gasteiger partial charge in [-0.05, 0) is 56.1 Å². The van der Waals surface area contributed by atoms with Gasteiger partial charge in [0.25, 0.3) is 0 Å². The van der Waals surface area contributed by atoms with E-state index in [0.717, 1.165) is 63.5 Å². The van der Waals surface area contributed by atoms with Gasteiger partial charge in [0.05, 0.1) is 29.1 Å². The van der Waals surface area contributed by atoms with Crippen molar-refractivity contribution >= 4 is 73.8 Å². The summed E-state index contributed by atoms with van der Waals surface area (Å²) >= 11 is 18.7. The third kappa shape index (κ3) is 7.94. The molecule has 0 unspecified atom stereocenters. The highest BCUT2D eigenvalue weighted by Gasteiger charge is 2.28. The number of aromatic nitrogens is 3. The van der Waals surface area contributed by atoms with Crippen LogP contribution in [0.25, 0.3) is 0 Å². The number of benzene rings is 1. The molecule has 1 aromatic carbocycles. The lowest BCUT2D eigenvalue weighted by atomic mass is 10.0. The van der Waals surface area contributed by atoms with Crippen LogP contribution in [0, 0.1) is 6.92 Å². The van der Waals surface area contributed by atoms with Crippen LogP contribution in [0.5, 0.6) is 5.88 Å². The minimum atomic E-state index is -3.86. The number of piperidine rings is 1. The Morgan fingerprint density at radius 1 is 0.955 bits per heavy atom. The zero-order valence-corrected chi connectivity index (χ0v) is 27.9. The van der Waals surface area contributed by atoms with Crippen molar-refractivity contribution in [2.75, 3.05) is 69.0 Å². The monoisotopic (exact) mass is 683 g/mol. The minimum Gasteiger partial charge on any atom is -0.479 e. The third-order valence-corrected chi connectivity index (χ3v) is 9.62. The number of hydrogen-bond acceptors (Lipinski definition) is 11. The highest BCUT2D eigenvalue weighted by atomic mass is 35.5. The van der Waals surface area contributed by atoms with Crippen molar-refractivity contribution in [3.8, 4) is 5.88 Å². The summed E-state index contributed by atoms with van der Waals surface area (Å²) in [6, 6.07) is 5.48. The number of anilines is 5. The van der Waals surface area contributed by atoms with Crippen LogP contribution < -0.4 is 25.4 Å². The van der Waals surface area contributed by atoms with Gasteiger partial charge >= 0.3 is 0 Å². The molecule has 0 aliphatic carbocycles. The van der Waals surface area contributed by atoms with Gasteiger partial charge in [0.15, 0.2) is 5.82 Å². The van der Waals surface area contributed by atoms with E-state index in [1.54, 1.807) is 7.11 Å². The lowest BCUT2D eigenvalue weighted by Gasteiger charge is -2.42. The fourth-order valence-electron chi connectivity index (χ4n) is 5.59. The quantitative estimate of drug-likeness (QED) is 0.290. The molecule has 16 heteroatoms. The lowest BCUT2D eigenvalue weighted by molar-refractivity contribution is 0.0981. The number of nitrogens with one attached hydrogen (secondary N) is 2. The molecule has 2 aliphatic heterocycles. The van der Waals surface area contributed by atoms with E-state index in [4.69, 9.17) is 49.7 Å². The number of ether oxygens (including phenoxy) is 1. The van der Waals surface area contributed by atoms with Crippen molar-refractivity contribution in [3.63, 3.8) is 0 Å². The van der Waals surface area contributed by atoms with Crippen LogP contribution in [0.4, 0.5) is 29.0 Å². The summed E-state index contributed by atoms with van der Waals surface area (Å²) in [7, 11) is -0.110. The fourth-order valence-corrected chi connectivity index (χ4v) is 6.75. The maximum atomic E-state index is 11.8. The average Bonchev–Trinajstić information content (AvgIpc) is 2.97. The molecular weight excluding hydrogens is 649 g/mol. The van der Waals surface area contributed by atoms with Crippen LogP contribution in [-0.2, 0) is 15.8 Å². The number of sulfonamides is 1. The number of nitrogens with zero attached hydrogens (tertiary/aromatic N) is 6. The van der Waals surface area contributed by atoms with Gasteiger partial charge in [0.1, 0.15) is 16.5 Å². The number of methoxy groups -OCH3 is 1. The van der Waals surface area contributed by atoms with E-state index in [1.165, 1.54) is 18.3 Å². The molecule has 4 N–H and O–H groups in total. The summed E-state index contributed by atoms with van der Waals surface area (Å²) in [6.45, 7) is 8.37. The van der Waals surface area contributed by atoms with E-state index in [-0.39, 0.29) is 26.8 Å². The minimum absolute atomic E-state index is 0.185. The Bertz CT molecular complexity index is 1610. The van der Waals surface area contributed by atoms with Crippen LogP contribution in [0.1, 0.15) is 24.0 Å². The molecule has 12 nitrogen and oxygen atoms in total. The largest absolute Gasteiger partial charge is 0.479 e. The number of rotatable bonds is 9. The molecule has 0 radical (unpaired) electrons. The molecule has 2 saturated heterocycles. The first kappa shape index (κ1) is 32.7. The van der Waals surface area contributed by atoms with Gasteiger partial charge in [-0.2, -0.15) is 9.97 Å². The maximum Gasteiger partial charge on any atom is 0.239 e. The Morgan fingerprint density at radius 2 is 1.64 bits per heavy atom. The van der Waals surface area contributed by atoms with Gasteiger partial charge in [-0.15, -0.1) is 0 Å². The number of hydrogen-bond donors (Lipinski definition) is 3. The lowest BCUT2D eigenvalue weighted by Crippen LogP contribution is -2.52. The molecule has 0 bridgehead atoms. The highest BCUT2D eigenvalue weighted by molar-refractivity contribution is 7.88. The SMILES string of the molecule is COc1nc(N2CCC(N3CCN(C)CC3)CC2)c(C)cc1Nc1ncc(Cl)c(Nc2cc(Cl)c(Cl)cc2CS(N)(=O)=O)n1. The van der Waals surface area contributed by atoms with Crippen LogP contribution in [0.3, 0.4) is 0 Å². The number of primary sulfonamides is 1. The molecule has 2 aliphatic rings. The number of halogens is 3. The molecule has 5 rings (SSSR count). The van der Waals surface area contributed by atoms with Crippen LogP contribution in [-0.4, -0.2) is 92.6 Å². The molecule has 238 valence electrons. The van der Waals surface area contributed by atoms with Crippen LogP contribution >= 0.6 is 34.8 Å². The highest BCUT2D eigenvalue weighted by Crippen LogP contribution is 2.35. The van der Waals surface area contributed by atoms with Gasteiger partial charge in [0, 0.05) is 51.0 Å². The summed E-state index contributed by atoms with van der Waals surface area (Å²) in [4.78, 5) is 21.0. The van der Waals surface area contributed by atoms with Crippen LogP contribution in [0.2, 0.25) is 15.1 Å². The van der Waals surface area contributed by atoms with E-state index < -0.39 is 15.8 Å². The summed E-state index contributed by atoms with van der Waals surface area (Å²) in [5.74, 6) is 1.25. The van der Waals surface area contributed by atoms with Gasteiger partial charge in [-0.3, -0.25) is 4.90 Å². The molecule has 0 atom stereocenters. The Morgan fingerprint density at radius 3 is 2.30 bits per heavy atom. The van der Waals surface area contributed by atoms with Crippen molar-refractivity contribution in [1.29, 1.82) is 0 Å². The van der Waals surface area contributed by atoms with E-state index >= 15 is 0 Å². The zero-order chi connectivity index (χ0) is 31.6. The van der Waals surface area contributed by atoms with Gasteiger partial charge in [-0.25, -0.2) is 18.5 Å². The fraction of sp³-hybridized carbons (Fsp3) is 0.464. The summed E-state index contributed by atoms with van der Waals surface area (Å²) in [5, 5.41) is 12.1. The second-order valence-corrected chi connectivity index (χ2v) is 13.9. The normalized spacial score (nSPS) is 17.1. The van der Waals surface area contributed by atoms with Gasteiger partial charge in [0.2, 0.25) is 21.9 Å². The predicted molar refractivity (Wildman–Crippen MR) is 177 cm³/mol. The molecule has 3 aromatic rings. The van der Waals surface area contributed by atoms with Crippen molar-refractivity contribution in [2.24, 2.45) is 5.14 Å². The van der Waals surface area contributed by atoms with Gasteiger partial charge < -0.3 is 25.2 Å². The first-order valence-electron chi connectivity index (χ1n) is 14.2. The Labute approximate surface area is 272 Å². The van der Waals surface area contributed by atoms with Crippen molar-refractivity contribution in [1.82, 2.24) is 24.8 Å². The van der Waals surface area contributed by atoms with Crippen molar-refractivity contribution < 1.29 is 13.2 Å². The number of likely N-dealkylation sites (N-methyl/N-ethyl adjacent to an activating group) is 1. The summed E-state index contributed by atoms with van der Waals surface area (Å²) < 4.78 is 29.3. The zero-order valence-electron chi connectivity index (χ0n) is 24.8. The summed E-state index contributed by atoms with van der Waals surface area (Å²) in [5.41, 5.74) is 2.20. The molecular formula is C28H36Cl3N9O3S. The second-order valence-electron chi connectivity index (χ2n) is 11.1. The Kier molecular flexibility index (Phi) is 10.2. The number of piperazine rings is 1. The van der Waals surface area contributed by atoms with E-state index in [2.05, 4.69) is 42.3 Å². The Balaban J connectivity index is 1.32. The standard InChI is InChI=1S/C28H36Cl3N9O3S/c1-17-12-24(27(43-3)37-26(17)40-6-4-19(5-7-40)39-10-8-38(2)9-11-39)35-28-33-15-22(31)25(36-28)34-23-14-21(30)20(29)13-18(23)16-44(32,41)42/h12-15,19H,4-11,16H2,1-3H3,(H2,32,41,42)(H2,33,34,35,36). The first-order valence-corrected chi connectivity index (χ1v) is 17.0. The van der Waals surface area contributed by atoms with Crippen molar-refractivity contribution in [2.45, 2.75) is 31.6 Å². The number of nitrogens with two attached hydrogens (primary N) is 1. The number of aryl methyl sites for hydroxylation is 1. The second kappa shape index (κ2) is 13.8. The van der Waals surface area contributed by atoms with E-state index in [1.807, 2.05) is 13.0 Å². The molecule has 44 heavy (non-hydrogen) atoms. The molecule has 0 saturated carbocycles. The Hall–Kier alpha value is -2.65. The van der Waals surface area contributed by atoms with Gasteiger partial charge in [-0.1, -0.05) is 34.8 Å².